The minimum atomic E-state index is -0.159. The lowest BCUT2D eigenvalue weighted by molar-refractivity contribution is 0.0793. The second kappa shape index (κ2) is 8.05. The van der Waals surface area contributed by atoms with Crippen molar-refractivity contribution in [2.24, 2.45) is 0 Å². The molecule has 1 N–H and O–H groups in total. The molecular formula is C23H27N3O2. The van der Waals surface area contributed by atoms with Gasteiger partial charge in [0, 0.05) is 43.1 Å². The van der Waals surface area contributed by atoms with Crippen LogP contribution in [0.1, 0.15) is 52.0 Å². The molecule has 2 aromatic carbocycles. The van der Waals surface area contributed by atoms with Crippen LogP contribution in [0, 0.1) is 6.92 Å². The Morgan fingerprint density at radius 1 is 0.857 bits per heavy atom. The highest BCUT2D eigenvalue weighted by molar-refractivity contribution is 6.06. The third-order valence-corrected chi connectivity index (χ3v) is 5.64. The van der Waals surface area contributed by atoms with Crippen LogP contribution in [-0.4, -0.2) is 42.9 Å². The van der Waals surface area contributed by atoms with Gasteiger partial charge in [0.15, 0.2) is 0 Å². The summed E-state index contributed by atoms with van der Waals surface area (Å²) in [6.07, 6.45) is 4.44. The number of carbonyl (C=O) groups excluding carboxylic acids is 2. The quantitative estimate of drug-likeness (QED) is 0.873. The van der Waals surface area contributed by atoms with Gasteiger partial charge in [-0.05, 0) is 62.9 Å². The van der Waals surface area contributed by atoms with Crippen LogP contribution in [0.3, 0.4) is 0 Å². The second-order valence-electron chi connectivity index (χ2n) is 7.75. The smallest absolute Gasteiger partial charge is 0.256 e. The second-order valence-corrected chi connectivity index (χ2v) is 7.75. The van der Waals surface area contributed by atoms with Gasteiger partial charge in [-0.1, -0.05) is 17.7 Å². The summed E-state index contributed by atoms with van der Waals surface area (Å²) in [4.78, 5) is 30.0. The number of amides is 2. The molecule has 0 unspecified atom stereocenters. The zero-order valence-corrected chi connectivity index (χ0v) is 16.4. The molecule has 2 aromatic rings. The average Bonchev–Trinajstić information content (AvgIpc) is 3.42. The highest BCUT2D eigenvalue weighted by Gasteiger charge is 2.25. The molecule has 0 radical (unpaired) electrons. The first kappa shape index (κ1) is 18.5. The fourth-order valence-corrected chi connectivity index (χ4v) is 4.02. The number of hydrogen-bond acceptors (Lipinski definition) is 3. The molecule has 5 heteroatoms. The van der Waals surface area contributed by atoms with Gasteiger partial charge in [0.25, 0.3) is 11.8 Å². The van der Waals surface area contributed by atoms with Crippen LogP contribution in [0.15, 0.2) is 42.5 Å². The summed E-state index contributed by atoms with van der Waals surface area (Å²) in [5.74, 6) is -0.0840. The fraction of sp³-hybridized carbons (Fsp3) is 0.391. The monoisotopic (exact) mass is 377 g/mol. The van der Waals surface area contributed by atoms with E-state index in [9.17, 15) is 9.59 Å². The van der Waals surface area contributed by atoms with Crippen molar-refractivity contribution in [3.8, 4) is 0 Å². The van der Waals surface area contributed by atoms with Gasteiger partial charge in [-0.3, -0.25) is 9.59 Å². The molecule has 4 rings (SSSR count). The third-order valence-electron chi connectivity index (χ3n) is 5.64. The molecule has 0 spiro atoms. The number of hydrogen-bond donors (Lipinski definition) is 1. The Balaban J connectivity index is 1.61. The van der Waals surface area contributed by atoms with E-state index in [1.807, 2.05) is 54.3 Å². The standard InChI is InChI=1S/C23H27N3O2/c1-17-6-8-18(9-7-17)22(27)24-19-10-11-21(25-12-2-3-13-25)20(16-19)23(28)26-14-4-5-15-26/h6-11,16H,2-5,12-15H2,1H3,(H,24,27). The normalized spacial score (nSPS) is 16.5. The Morgan fingerprint density at radius 3 is 2.18 bits per heavy atom. The van der Waals surface area contributed by atoms with E-state index < -0.39 is 0 Å². The molecular weight excluding hydrogens is 350 g/mol. The number of likely N-dealkylation sites (tertiary alicyclic amines) is 1. The van der Waals surface area contributed by atoms with Crippen molar-refractivity contribution in [2.45, 2.75) is 32.6 Å². The number of benzene rings is 2. The van der Waals surface area contributed by atoms with Crippen molar-refractivity contribution in [1.29, 1.82) is 0 Å². The first-order valence-electron chi connectivity index (χ1n) is 10.2. The maximum absolute atomic E-state index is 13.2. The lowest BCUT2D eigenvalue weighted by Crippen LogP contribution is -2.30. The maximum atomic E-state index is 13.2. The predicted octanol–water partition coefficient (Wildman–Crippen LogP) is 4.08. The molecule has 0 aliphatic carbocycles. The number of rotatable bonds is 4. The molecule has 2 fully saturated rings. The summed E-state index contributed by atoms with van der Waals surface area (Å²) in [6.45, 7) is 5.59. The topological polar surface area (TPSA) is 52.7 Å². The van der Waals surface area contributed by atoms with Crippen molar-refractivity contribution in [3.05, 3.63) is 59.2 Å². The highest BCUT2D eigenvalue weighted by Crippen LogP contribution is 2.29. The minimum Gasteiger partial charge on any atom is -0.371 e. The summed E-state index contributed by atoms with van der Waals surface area (Å²) in [7, 11) is 0. The van der Waals surface area contributed by atoms with Gasteiger partial charge in [-0.25, -0.2) is 0 Å². The molecule has 2 saturated heterocycles. The van der Waals surface area contributed by atoms with Crippen LogP contribution in [0.2, 0.25) is 0 Å². The zero-order valence-electron chi connectivity index (χ0n) is 16.4. The molecule has 0 saturated carbocycles. The molecule has 2 amide bonds. The van der Waals surface area contributed by atoms with Gasteiger partial charge >= 0.3 is 0 Å². The Labute approximate surface area is 166 Å². The van der Waals surface area contributed by atoms with E-state index in [4.69, 9.17) is 0 Å². The molecule has 146 valence electrons. The highest BCUT2D eigenvalue weighted by atomic mass is 16.2. The summed E-state index contributed by atoms with van der Waals surface area (Å²) in [5.41, 5.74) is 4.08. The molecule has 0 atom stereocenters. The van der Waals surface area contributed by atoms with Gasteiger partial charge in [-0.15, -0.1) is 0 Å². The lowest BCUT2D eigenvalue weighted by Gasteiger charge is -2.24. The third kappa shape index (κ3) is 3.88. The van der Waals surface area contributed by atoms with Crippen LogP contribution >= 0.6 is 0 Å². The molecule has 0 bridgehead atoms. The van der Waals surface area contributed by atoms with Crippen LogP contribution < -0.4 is 10.2 Å². The lowest BCUT2D eigenvalue weighted by atomic mass is 10.1. The van der Waals surface area contributed by atoms with Crippen LogP contribution in [0.4, 0.5) is 11.4 Å². The molecule has 0 aromatic heterocycles. The summed E-state index contributed by atoms with van der Waals surface area (Å²) < 4.78 is 0. The molecule has 5 nitrogen and oxygen atoms in total. The van der Waals surface area contributed by atoms with E-state index in [1.54, 1.807) is 0 Å². The Kier molecular flexibility index (Phi) is 5.33. The van der Waals surface area contributed by atoms with E-state index >= 15 is 0 Å². The van der Waals surface area contributed by atoms with Gasteiger partial charge in [0.05, 0.1) is 5.56 Å². The predicted molar refractivity (Wildman–Crippen MR) is 112 cm³/mol. The maximum Gasteiger partial charge on any atom is 0.256 e. The largest absolute Gasteiger partial charge is 0.371 e. The minimum absolute atomic E-state index is 0.0748. The van der Waals surface area contributed by atoms with E-state index in [0.717, 1.165) is 63.1 Å². The number of aryl methyl sites for hydroxylation is 1. The van der Waals surface area contributed by atoms with Gasteiger partial charge in [0.2, 0.25) is 0 Å². The van der Waals surface area contributed by atoms with Crippen LogP contribution in [0.25, 0.3) is 0 Å². The van der Waals surface area contributed by atoms with Crippen molar-refractivity contribution in [2.75, 3.05) is 36.4 Å². The van der Waals surface area contributed by atoms with Crippen LogP contribution in [-0.2, 0) is 0 Å². The average molecular weight is 377 g/mol. The van der Waals surface area contributed by atoms with E-state index in [2.05, 4.69) is 10.2 Å². The van der Waals surface area contributed by atoms with Crippen molar-refractivity contribution >= 4 is 23.2 Å². The van der Waals surface area contributed by atoms with Crippen molar-refractivity contribution in [1.82, 2.24) is 4.90 Å². The van der Waals surface area contributed by atoms with Gasteiger partial charge in [0.1, 0.15) is 0 Å². The van der Waals surface area contributed by atoms with E-state index in [-0.39, 0.29) is 11.8 Å². The number of anilines is 2. The fourth-order valence-electron chi connectivity index (χ4n) is 4.02. The van der Waals surface area contributed by atoms with E-state index in [0.29, 0.717) is 16.8 Å². The summed E-state index contributed by atoms with van der Waals surface area (Å²) in [6, 6.07) is 13.2. The first-order chi connectivity index (χ1) is 13.6. The Hall–Kier alpha value is -2.82. The van der Waals surface area contributed by atoms with Gasteiger partial charge in [-0.2, -0.15) is 0 Å². The van der Waals surface area contributed by atoms with Crippen molar-refractivity contribution < 1.29 is 9.59 Å². The number of nitrogens with zero attached hydrogens (tertiary/aromatic N) is 2. The van der Waals surface area contributed by atoms with E-state index in [1.165, 1.54) is 0 Å². The number of carbonyl (C=O) groups is 2. The molecule has 2 heterocycles. The van der Waals surface area contributed by atoms with Crippen molar-refractivity contribution in [3.63, 3.8) is 0 Å². The number of nitrogens with one attached hydrogen (secondary N) is 1. The Bertz CT molecular complexity index is 864. The SMILES string of the molecule is Cc1ccc(C(=O)Nc2ccc(N3CCCC3)c(C(=O)N3CCCC3)c2)cc1. The summed E-state index contributed by atoms with van der Waals surface area (Å²) >= 11 is 0. The first-order valence-corrected chi connectivity index (χ1v) is 10.2. The van der Waals surface area contributed by atoms with Gasteiger partial charge < -0.3 is 15.1 Å². The summed E-state index contributed by atoms with van der Waals surface area (Å²) in [5, 5.41) is 2.95. The zero-order chi connectivity index (χ0) is 19.5. The molecule has 2 aliphatic rings. The van der Waals surface area contributed by atoms with Crippen LogP contribution in [0.5, 0.6) is 0 Å². The Morgan fingerprint density at radius 2 is 1.50 bits per heavy atom. The molecule has 28 heavy (non-hydrogen) atoms. The molecule has 2 aliphatic heterocycles.